The fraction of sp³-hybridized carbons (Fsp3) is 0.889. The van der Waals surface area contributed by atoms with Crippen molar-refractivity contribution in [1.29, 1.82) is 0 Å². The van der Waals surface area contributed by atoms with Gasteiger partial charge in [-0.25, -0.2) is 9.59 Å². The summed E-state index contributed by atoms with van der Waals surface area (Å²) in [5.74, 6) is -8.55. The van der Waals surface area contributed by atoms with Crippen LogP contribution in [0.1, 0.15) is 81.6 Å². The first-order valence-electron chi connectivity index (χ1n) is 13.7. The molecule has 2 unspecified atom stereocenters. The summed E-state index contributed by atoms with van der Waals surface area (Å²) < 4.78 is 197. The van der Waals surface area contributed by atoms with Crippen LogP contribution in [0.2, 0.25) is 0 Å². The number of alkyl halides is 12. The standard InChI is InChI=1S/C27H36F12O8/c1-19(2,3)16(40)43-15-11-13(22(24(28,29)30,25(31,32)33)46-17(41)44-20(4,5)6)10-14(12-15)23(26(34,35)36,27(37,38)39)47-18(42)45-21(7,8)9/h13-15H,10-12H2,1-9H3. The van der Waals surface area contributed by atoms with E-state index in [0.717, 1.165) is 62.3 Å². The van der Waals surface area contributed by atoms with Crippen LogP contribution in [0, 0.1) is 17.3 Å². The van der Waals surface area contributed by atoms with Crippen LogP contribution in [0.25, 0.3) is 0 Å². The fourth-order valence-corrected chi connectivity index (χ4v) is 4.80. The Bertz CT molecular complexity index is 1030. The van der Waals surface area contributed by atoms with Gasteiger partial charge in [-0.1, -0.05) is 0 Å². The smallest absolute Gasteiger partial charge is 0.462 e. The van der Waals surface area contributed by atoms with Gasteiger partial charge in [0.15, 0.2) is 0 Å². The Morgan fingerprint density at radius 2 is 0.745 bits per heavy atom. The van der Waals surface area contributed by atoms with Crippen molar-refractivity contribution in [1.82, 2.24) is 0 Å². The van der Waals surface area contributed by atoms with E-state index in [9.17, 15) is 67.1 Å². The zero-order valence-corrected chi connectivity index (χ0v) is 26.7. The van der Waals surface area contributed by atoms with Crippen LogP contribution in [0.5, 0.6) is 0 Å². The molecule has 0 heterocycles. The number of hydrogen-bond donors (Lipinski definition) is 0. The maximum Gasteiger partial charge on any atom is 0.510 e. The van der Waals surface area contributed by atoms with Crippen LogP contribution in [0.3, 0.4) is 0 Å². The van der Waals surface area contributed by atoms with Gasteiger partial charge in [-0.05, 0) is 81.6 Å². The van der Waals surface area contributed by atoms with Crippen LogP contribution in [-0.2, 0) is 28.5 Å². The lowest BCUT2D eigenvalue weighted by Crippen LogP contribution is -2.69. The number of rotatable bonds is 5. The third-order valence-electron chi connectivity index (χ3n) is 6.65. The minimum absolute atomic E-state index is 1.00. The molecule has 0 bridgehead atoms. The van der Waals surface area contributed by atoms with Gasteiger partial charge in [-0.2, -0.15) is 52.7 Å². The quantitative estimate of drug-likeness (QED) is 0.158. The highest BCUT2D eigenvalue weighted by molar-refractivity contribution is 5.75. The van der Waals surface area contributed by atoms with E-state index in [2.05, 4.69) is 18.9 Å². The Balaban J connectivity index is 4.19. The van der Waals surface area contributed by atoms with E-state index >= 15 is 0 Å². The first-order chi connectivity index (χ1) is 20.4. The summed E-state index contributed by atoms with van der Waals surface area (Å²) in [6.07, 6.45) is -40.6. The average Bonchev–Trinajstić information content (AvgIpc) is 2.74. The topological polar surface area (TPSA) is 97.4 Å². The summed E-state index contributed by atoms with van der Waals surface area (Å²) in [5.41, 5.74) is -16.8. The van der Waals surface area contributed by atoms with Gasteiger partial charge in [0.25, 0.3) is 0 Å². The van der Waals surface area contributed by atoms with Crippen molar-refractivity contribution in [2.75, 3.05) is 0 Å². The Labute approximate surface area is 261 Å². The molecule has 47 heavy (non-hydrogen) atoms. The van der Waals surface area contributed by atoms with E-state index in [1.807, 2.05) is 0 Å². The Morgan fingerprint density at radius 3 is 0.957 bits per heavy atom. The average molecular weight is 717 g/mol. The van der Waals surface area contributed by atoms with E-state index in [1.54, 1.807) is 0 Å². The maximum absolute atomic E-state index is 14.6. The van der Waals surface area contributed by atoms with E-state index < -0.39 is 108 Å². The molecular formula is C27H36F12O8. The number of esters is 1. The van der Waals surface area contributed by atoms with Crippen molar-refractivity contribution in [2.45, 2.75) is 135 Å². The normalized spacial score (nSPS) is 21.1. The molecule has 0 aromatic heterocycles. The molecule has 0 amide bonds. The summed E-state index contributed by atoms with van der Waals surface area (Å²) in [4.78, 5) is 37.2. The van der Waals surface area contributed by atoms with E-state index in [0.29, 0.717) is 0 Å². The molecule has 0 radical (unpaired) electrons. The highest BCUT2D eigenvalue weighted by atomic mass is 19.4. The lowest BCUT2D eigenvalue weighted by Gasteiger charge is -2.50. The summed E-state index contributed by atoms with van der Waals surface area (Å²) in [5, 5.41) is 0. The third kappa shape index (κ3) is 9.63. The molecule has 0 N–H and O–H groups in total. The fourth-order valence-electron chi connectivity index (χ4n) is 4.80. The number of carbonyl (C=O) groups is 3. The van der Waals surface area contributed by atoms with Crippen LogP contribution >= 0.6 is 0 Å². The molecule has 1 fully saturated rings. The van der Waals surface area contributed by atoms with Crippen molar-refractivity contribution in [3.63, 3.8) is 0 Å². The van der Waals surface area contributed by atoms with Gasteiger partial charge in [0.1, 0.15) is 17.3 Å². The zero-order valence-electron chi connectivity index (χ0n) is 26.7. The monoisotopic (exact) mass is 716 g/mol. The number of carbonyl (C=O) groups excluding carboxylic acids is 3. The first kappa shape index (κ1) is 42.2. The van der Waals surface area contributed by atoms with Gasteiger partial charge >= 0.3 is 54.2 Å². The minimum Gasteiger partial charge on any atom is -0.462 e. The molecular weight excluding hydrogens is 680 g/mol. The van der Waals surface area contributed by atoms with Gasteiger partial charge in [0.2, 0.25) is 0 Å². The van der Waals surface area contributed by atoms with Crippen molar-refractivity contribution in [3.8, 4) is 0 Å². The third-order valence-corrected chi connectivity index (χ3v) is 6.65. The Morgan fingerprint density at radius 1 is 0.468 bits per heavy atom. The van der Waals surface area contributed by atoms with E-state index in [-0.39, 0.29) is 0 Å². The predicted molar refractivity (Wildman–Crippen MR) is 134 cm³/mol. The second-order valence-electron chi connectivity index (χ2n) is 14.0. The summed E-state index contributed by atoms with van der Waals surface area (Å²) in [6.45, 7) is 9.39. The van der Waals surface area contributed by atoms with Crippen LogP contribution < -0.4 is 0 Å². The largest absolute Gasteiger partial charge is 0.510 e. The van der Waals surface area contributed by atoms with E-state index in [4.69, 9.17) is 4.74 Å². The Hall–Kier alpha value is -2.83. The number of ether oxygens (including phenoxy) is 5. The molecule has 276 valence electrons. The van der Waals surface area contributed by atoms with Gasteiger partial charge in [-0.3, -0.25) is 4.79 Å². The predicted octanol–water partition coefficient (Wildman–Crippen LogP) is 8.99. The summed E-state index contributed by atoms with van der Waals surface area (Å²) >= 11 is 0. The van der Waals surface area contributed by atoms with Crippen LogP contribution in [0.15, 0.2) is 0 Å². The number of hydrogen-bond acceptors (Lipinski definition) is 8. The molecule has 0 aliphatic heterocycles. The SMILES string of the molecule is CC(C)(C)OC(=O)OC(C1CC(OC(=O)C(C)(C)C)CC(C(OC(=O)OC(C)(C)C)(C(F)(F)F)C(F)(F)F)C1)(C(F)(F)F)C(F)(F)F. The van der Waals surface area contributed by atoms with Crippen LogP contribution in [0.4, 0.5) is 62.3 Å². The van der Waals surface area contributed by atoms with Crippen LogP contribution in [-0.4, -0.2) is 71.5 Å². The molecule has 0 aromatic carbocycles. The van der Waals surface area contributed by atoms with Gasteiger partial charge in [-0.15, -0.1) is 0 Å². The molecule has 0 spiro atoms. The Kier molecular flexibility index (Phi) is 11.6. The van der Waals surface area contributed by atoms with Crippen molar-refractivity contribution in [2.24, 2.45) is 17.3 Å². The highest BCUT2D eigenvalue weighted by Crippen LogP contribution is 2.60. The van der Waals surface area contributed by atoms with Crippen molar-refractivity contribution in [3.05, 3.63) is 0 Å². The molecule has 1 aliphatic rings. The first-order valence-corrected chi connectivity index (χ1v) is 13.7. The molecule has 8 nitrogen and oxygen atoms in total. The van der Waals surface area contributed by atoms with Crippen molar-refractivity contribution < 1.29 is 90.8 Å². The molecule has 2 atom stereocenters. The maximum atomic E-state index is 14.6. The highest BCUT2D eigenvalue weighted by Gasteiger charge is 2.82. The molecule has 1 saturated carbocycles. The van der Waals surface area contributed by atoms with Crippen molar-refractivity contribution >= 4 is 18.3 Å². The minimum atomic E-state index is -6.77. The molecule has 1 rings (SSSR count). The van der Waals surface area contributed by atoms with Gasteiger partial charge in [0, 0.05) is 11.8 Å². The summed E-state index contributed by atoms with van der Waals surface area (Å²) in [7, 11) is 0. The molecule has 20 heteroatoms. The van der Waals surface area contributed by atoms with E-state index in [1.165, 1.54) is 0 Å². The summed E-state index contributed by atoms with van der Waals surface area (Å²) in [6, 6.07) is 0. The lowest BCUT2D eigenvalue weighted by atomic mass is 9.65. The number of halogens is 12. The lowest BCUT2D eigenvalue weighted by molar-refractivity contribution is -0.405. The van der Waals surface area contributed by atoms with Gasteiger partial charge in [0.05, 0.1) is 5.41 Å². The molecule has 1 aliphatic carbocycles. The zero-order chi connectivity index (χ0) is 37.6. The molecule has 0 saturated heterocycles. The molecule has 0 aromatic rings. The second-order valence-corrected chi connectivity index (χ2v) is 14.0. The second kappa shape index (κ2) is 12.9. The van der Waals surface area contributed by atoms with Gasteiger partial charge < -0.3 is 23.7 Å².